The van der Waals surface area contributed by atoms with Gasteiger partial charge in [-0.3, -0.25) is 4.79 Å². The molecule has 2 heterocycles. The Hall–Kier alpha value is -0.890. The number of aliphatic hydroxyl groups is 2. The van der Waals surface area contributed by atoms with Crippen molar-refractivity contribution in [3.8, 4) is 0 Å². The number of carbonyl (C=O) groups excluding carboxylic acids is 1. The molecule has 176 valence electrons. The monoisotopic (exact) mass is 436 g/mol. The number of amides is 1. The van der Waals surface area contributed by atoms with E-state index in [2.05, 4.69) is 5.32 Å². The molecule has 0 saturated carbocycles. The Morgan fingerprint density at radius 2 is 1.90 bits per heavy atom. The standard InChI is InChI=1S/C19H36N2O9/c1-12(2)28-18-16(23)17-15(19(3,24)30-17)13(29-18)10-27-11-14(22)21-5-7-26-9-8-25-6-4-20/h12-13,15-18,23-24H,4-11,20H2,1-3H3,(H,21,22)/t13?,15-,16?,17?,18-,19?/m1/s1. The van der Waals surface area contributed by atoms with Crippen molar-refractivity contribution in [3.05, 3.63) is 0 Å². The van der Waals surface area contributed by atoms with Crippen molar-refractivity contribution in [2.75, 3.05) is 52.7 Å². The quantitative estimate of drug-likeness (QED) is 0.233. The van der Waals surface area contributed by atoms with Crippen LogP contribution < -0.4 is 11.1 Å². The van der Waals surface area contributed by atoms with Crippen LogP contribution in [0.1, 0.15) is 20.8 Å². The molecule has 5 N–H and O–H groups in total. The lowest BCUT2D eigenvalue weighted by Crippen LogP contribution is -2.73. The maximum Gasteiger partial charge on any atom is 0.246 e. The Bertz CT molecular complexity index is 516. The summed E-state index contributed by atoms with van der Waals surface area (Å²) in [5.74, 6) is -2.22. The minimum absolute atomic E-state index is 0.0494. The largest absolute Gasteiger partial charge is 0.385 e. The van der Waals surface area contributed by atoms with Crippen LogP contribution >= 0.6 is 0 Å². The first kappa shape index (κ1) is 25.4. The number of nitrogens with two attached hydrogens (primary N) is 1. The number of carbonyl (C=O) groups is 1. The van der Waals surface area contributed by atoms with Crippen molar-refractivity contribution >= 4 is 5.91 Å². The molecule has 2 fully saturated rings. The highest BCUT2D eigenvalue weighted by Crippen LogP contribution is 2.46. The van der Waals surface area contributed by atoms with Crippen LogP contribution in [-0.4, -0.2) is 105 Å². The predicted molar refractivity (Wildman–Crippen MR) is 104 cm³/mol. The van der Waals surface area contributed by atoms with Crippen molar-refractivity contribution in [3.63, 3.8) is 0 Å². The fourth-order valence-corrected chi connectivity index (χ4v) is 3.50. The second-order valence-corrected chi connectivity index (χ2v) is 7.76. The van der Waals surface area contributed by atoms with E-state index in [1.165, 1.54) is 6.92 Å². The van der Waals surface area contributed by atoms with Gasteiger partial charge in [0.2, 0.25) is 5.91 Å². The summed E-state index contributed by atoms with van der Waals surface area (Å²) in [7, 11) is 0. The van der Waals surface area contributed by atoms with Gasteiger partial charge in [-0.25, -0.2) is 0 Å². The third-order valence-corrected chi connectivity index (χ3v) is 4.80. The van der Waals surface area contributed by atoms with Crippen LogP contribution in [0.5, 0.6) is 0 Å². The van der Waals surface area contributed by atoms with Gasteiger partial charge in [-0.15, -0.1) is 0 Å². The fourth-order valence-electron chi connectivity index (χ4n) is 3.50. The molecular formula is C19H36N2O9. The summed E-state index contributed by atoms with van der Waals surface area (Å²) in [6.45, 7) is 7.61. The maximum absolute atomic E-state index is 11.9. The van der Waals surface area contributed by atoms with Gasteiger partial charge in [0.05, 0.1) is 51.2 Å². The van der Waals surface area contributed by atoms with Gasteiger partial charge in [-0.1, -0.05) is 0 Å². The zero-order valence-corrected chi connectivity index (χ0v) is 18.0. The van der Waals surface area contributed by atoms with E-state index in [0.717, 1.165) is 0 Å². The average Bonchev–Trinajstić information content (AvgIpc) is 2.66. The number of hydrogen-bond acceptors (Lipinski definition) is 10. The van der Waals surface area contributed by atoms with Gasteiger partial charge in [-0.2, -0.15) is 0 Å². The number of rotatable bonds is 14. The van der Waals surface area contributed by atoms with E-state index in [9.17, 15) is 15.0 Å². The topological polar surface area (TPSA) is 151 Å². The summed E-state index contributed by atoms with van der Waals surface area (Å²) in [6, 6.07) is 0. The Labute approximate surface area is 177 Å². The number of aliphatic hydroxyl groups excluding tert-OH is 1. The average molecular weight is 437 g/mol. The van der Waals surface area contributed by atoms with Crippen LogP contribution in [0.4, 0.5) is 0 Å². The van der Waals surface area contributed by atoms with E-state index in [1.807, 2.05) is 13.8 Å². The minimum atomic E-state index is -1.43. The number of hydrogen-bond donors (Lipinski definition) is 4. The number of nitrogens with one attached hydrogen (secondary N) is 1. The predicted octanol–water partition coefficient (Wildman–Crippen LogP) is -1.65. The van der Waals surface area contributed by atoms with Gasteiger partial charge in [0, 0.05) is 13.1 Å². The van der Waals surface area contributed by atoms with Crippen LogP contribution in [0.3, 0.4) is 0 Å². The molecule has 2 aliphatic rings. The van der Waals surface area contributed by atoms with Gasteiger partial charge >= 0.3 is 0 Å². The first-order valence-corrected chi connectivity index (χ1v) is 10.4. The molecule has 0 radical (unpaired) electrons. The van der Waals surface area contributed by atoms with Gasteiger partial charge < -0.3 is 49.7 Å². The van der Waals surface area contributed by atoms with Crippen LogP contribution in [0, 0.1) is 5.92 Å². The molecule has 11 nitrogen and oxygen atoms in total. The second-order valence-electron chi connectivity index (χ2n) is 7.76. The molecule has 0 aromatic rings. The van der Waals surface area contributed by atoms with Crippen molar-refractivity contribution in [2.45, 2.75) is 57.3 Å². The third kappa shape index (κ3) is 7.36. The minimum Gasteiger partial charge on any atom is -0.385 e. The Morgan fingerprint density at radius 1 is 1.20 bits per heavy atom. The molecular weight excluding hydrogens is 400 g/mol. The Kier molecular flexibility index (Phi) is 10.3. The van der Waals surface area contributed by atoms with Gasteiger partial charge in [0.15, 0.2) is 12.1 Å². The van der Waals surface area contributed by atoms with Crippen LogP contribution in [0.15, 0.2) is 0 Å². The number of ether oxygens (including phenoxy) is 6. The fraction of sp³-hybridized carbons (Fsp3) is 0.947. The van der Waals surface area contributed by atoms with E-state index in [1.54, 1.807) is 0 Å². The summed E-state index contributed by atoms with van der Waals surface area (Å²) < 4.78 is 32.8. The molecule has 2 saturated heterocycles. The van der Waals surface area contributed by atoms with Crippen molar-refractivity contribution in [2.24, 2.45) is 11.7 Å². The van der Waals surface area contributed by atoms with E-state index in [4.69, 9.17) is 34.2 Å². The molecule has 6 atom stereocenters. The van der Waals surface area contributed by atoms with Gasteiger partial charge in [-0.05, 0) is 20.8 Å². The number of fused-ring (bicyclic) bond motifs is 1. The first-order chi connectivity index (χ1) is 14.3. The van der Waals surface area contributed by atoms with E-state index in [0.29, 0.717) is 39.5 Å². The Morgan fingerprint density at radius 3 is 2.53 bits per heavy atom. The lowest BCUT2D eigenvalue weighted by atomic mass is 9.77. The highest BCUT2D eigenvalue weighted by Gasteiger charge is 2.63. The zero-order valence-electron chi connectivity index (χ0n) is 18.0. The summed E-state index contributed by atoms with van der Waals surface area (Å²) in [6.07, 6.45) is -3.28. The summed E-state index contributed by atoms with van der Waals surface area (Å²) in [4.78, 5) is 11.9. The van der Waals surface area contributed by atoms with Crippen LogP contribution in [0.2, 0.25) is 0 Å². The first-order valence-electron chi connectivity index (χ1n) is 10.4. The molecule has 0 aromatic heterocycles. The lowest BCUT2D eigenvalue weighted by molar-refractivity contribution is -0.441. The maximum atomic E-state index is 11.9. The molecule has 0 bridgehead atoms. The molecule has 4 unspecified atom stereocenters. The van der Waals surface area contributed by atoms with Gasteiger partial charge in [0.25, 0.3) is 0 Å². The summed E-state index contributed by atoms with van der Waals surface area (Å²) in [5.41, 5.74) is 5.31. The Balaban J connectivity index is 1.66. The summed E-state index contributed by atoms with van der Waals surface area (Å²) in [5, 5.41) is 23.3. The lowest BCUT2D eigenvalue weighted by Gasteiger charge is -2.58. The SMILES string of the molecule is CC(C)O[C@@H]1OC(COCC(=O)NCCOCCOCCN)[C@@H]2C(OC2(C)O)C1O. The smallest absolute Gasteiger partial charge is 0.246 e. The van der Waals surface area contributed by atoms with E-state index >= 15 is 0 Å². The molecule has 0 aliphatic carbocycles. The highest BCUT2D eigenvalue weighted by atomic mass is 16.7. The van der Waals surface area contributed by atoms with E-state index < -0.39 is 36.3 Å². The van der Waals surface area contributed by atoms with Crippen molar-refractivity contribution in [1.29, 1.82) is 0 Å². The van der Waals surface area contributed by atoms with Crippen molar-refractivity contribution in [1.82, 2.24) is 5.32 Å². The molecule has 30 heavy (non-hydrogen) atoms. The normalized spacial score (nSPS) is 33.2. The second kappa shape index (κ2) is 12.2. The molecule has 0 spiro atoms. The molecule has 2 rings (SSSR count). The zero-order chi connectivity index (χ0) is 22.1. The molecule has 2 aliphatic heterocycles. The highest BCUT2D eigenvalue weighted by molar-refractivity contribution is 5.77. The third-order valence-electron chi connectivity index (χ3n) is 4.80. The van der Waals surface area contributed by atoms with Gasteiger partial charge in [0.1, 0.15) is 18.8 Å². The molecule has 1 amide bonds. The molecule has 11 heteroatoms. The molecule has 0 aromatic carbocycles. The van der Waals surface area contributed by atoms with Crippen molar-refractivity contribution < 1.29 is 43.4 Å². The summed E-state index contributed by atoms with van der Waals surface area (Å²) >= 11 is 0. The van der Waals surface area contributed by atoms with Crippen LogP contribution in [-0.2, 0) is 33.2 Å². The van der Waals surface area contributed by atoms with Crippen LogP contribution in [0.25, 0.3) is 0 Å². The van der Waals surface area contributed by atoms with E-state index in [-0.39, 0.29) is 25.2 Å².